The molecule has 0 aromatic rings. The van der Waals surface area contributed by atoms with Gasteiger partial charge in [0.2, 0.25) is 0 Å². The molecule has 0 rings (SSSR count). The molecule has 27 heavy (non-hydrogen) atoms. The zero-order valence-electron chi connectivity index (χ0n) is 19.7. The van der Waals surface area contributed by atoms with Gasteiger partial charge in [0.25, 0.3) is 0 Å². The lowest BCUT2D eigenvalue weighted by Gasteiger charge is -2.39. The summed E-state index contributed by atoms with van der Waals surface area (Å²) in [6, 6.07) is 0. The fourth-order valence-electron chi connectivity index (χ4n) is 3.84. The Balaban J connectivity index is 5.43. The molecule has 0 bridgehead atoms. The van der Waals surface area contributed by atoms with Crippen molar-refractivity contribution in [3.8, 4) is 0 Å². The summed E-state index contributed by atoms with van der Waals surface area (Å²) in [7, 11) is 7.10. The van der Waals surface area contributed by atoms with Crippen LogP contribution in [0, 0.1) is 17.3 Å². The molecule has 0 aromatic carbocycles. The van der Waals surface area contributed by atoms with Crippen LogP contribution >= 0.6 is 25.3 Å². The summed E-state index contributed by atoms with van der Waals surface area (Å²) in [6.45, 7) is 15.7. The molecular formula is C22H43B3S2. The van der Waals surface area contributed by atoms with Crippen molar-refractivity contribution in [1.29, 1.82) is 0 Å². The van der Waals surface area contributed by atoms with Gasteiger partial charge in [0.1, 0.15) is 0 Å². The van der Waals surface area contributed by atoms with Crippen molar-refractivity contribution in [2.45, 2.75) is 83.3 Å². The van der Waals surface area contributed by atoms with E-state index >= 15 is 0 Å². The van der Waals surface area contributed by atoms with Gasteiger partial charge in [-0.2, -0.15) is 25.3 Å². The predicted octanol–water partition coefficient (Wildman–Crippen LogP) is 4.84. The molecule has 0 fully saturated rings. The van der Waals surface area contributed by atoms with E-state index in [0.29, 0.717) is 16.9 Å². The summed E-state index contributed by atoms with van der Waals surface area (Å²) in [5.41, 5.74) is 3.09. The van der Waals surface area contributed by atoms with Crippen LogP contribution in [0.2, 0.25) is 5.11 Å². The highest BCUT2D eigenvalue weighted by Crippen LogP contribution is 2.43. The first-order chi connectivity index (χ1) is 12.2. The molecule has 0 saturated carbocycles. The second kappa shape index (κ2) is 11.3. The molecule has 0 aliphatic carbocycles. The standard InChI is InChI=1S/C22H43B3S2/c1-8-14-20(5,6)19(15-16(4)22(23,24)25)17(9-2)12-11-13-18(10-3)21(7,26)27/h8-10,14,16,19,26-27H,11-13,15,23-25H2,1-7H3/b14-8?,17-9-,18-10+. The molecule has 0 aliphatic heterocycles. The summed E-state index contributed by atoms with van der Waals surface area (Å²) < 4.78 is -0.324. The molecule has 0 amide bonds. The molecular weight excluding hydrogens is 361 g/mol. The van der Waals surface area contributed by atoms with Crippen LogP contribution < -0.4 is 0 Å². The van der Waals surface area contributed by atoms with Gasteiger partial charge in [0.05, 0.1) is 27.6 Å². The van der Waals surface area contributed by atoms with Gasteiger partial charge in [0, 0.05) is 0 Å². The van der Waals surface area contributed by atoms with Crippen molar-refractivity contribution >= 4 is 48.8 Å². The smallest absolute Gasteiger partial charge is 0.0911 e. The maximum Gasteiger partial charge on any atom is 0.0911 e. The number of hydrogen-bond donors (Lipinski definition) is 2. The molecule has 0 radical (unpaired) electrons. The zero-order chi connectivity index (χ0) is 21.5. The van der Waals surface area contributed by atoms with Gasteiger partial charge in [0.15, 0.2) is 0 Å². The highest BCUT2D eigenvalue weighted by Gasteiger charge is 2.33. The fourth-order valence-corrected chi connectivity index (χ4v) is 4.32. The third-order valence-electron chi connectivity index (χ3n) is 6.25. The minimum absolute atomic E-state index is 0.168. The number of rotatable bonds is 11. The molecule has 2 atom stereocenters. The Labute approximate surface area is 184 Å². The summed E-state index contributed by atoms with van der Waals surface area (Å²) in [6.07, 6.45) is 13.8. The van der Waals surface area contributed by atoms with Crippen molar-refractivity contribution in [3.63, 3.8) is 0 Å². The van der Waals surface area contributed by atoms with Crippen molar-refractivity contribution in [2.75, 3.05) is 0 Å². The first-order valence-electron chi connectivity index (χ1n) is 10.6. The maximum absolute atomic E-state index is 4.64. The minimum Gasteiger partial charge on any atom is -0.158 e. The summed E-state index contributed by atoms with van der Waals surface area (Å²) in [5, 5.41) is 0.334. The molecule has 2 unspecified atom stereocenters. The van der Waals surface area contributed by atoms with Gasteiger partial charge in [-0.1, -0.05) is 56.6 Å². The lowest BCUT2D eigenvalue weighted by molar-refractivity contribution is 0.264. The van der Waals surface area contributed by atoms with Crippen LogP contribution in [0.3, 0.4) is 0 Å². The van der Waals surface area contributed by atoms with E-state index in [1.807, 2.05) is 0 Å². The Morgan fingerprint density at radius 1 is 0.963 bits per heavy atom. The van der Waals surface area contributed by atoms with Gasteiger partial charge in [-0.3, -0.25) is 0 Å². The predicted molar refractivity (Wildman–Crippen MR) is 142 cm³/mol. The summed E-state index contributed by atoms with van der Waals surface area (Å²) in [4.78, 5) is 0. The summed E-state index contributed by atoms with van der Waals surface area (Å²) >= 11 is 9.28. The van der Waals surface area contributed by atoms with Crippen molar-refractivity contribution in [1.82, 2.24) is 0 Å². The molecule has 5 heteroatoms. The summed E-state index contributed by atoms with van der Waals surface area (Å²) in [5.74, 6) is 1.24. The largest absolute Gasteiger partial charge is 0.158 e. The van der Waals surface area contributed by atoms with E-state index in [-0.39, 0.29) is 9.49 Å². The number of hydrogen-bond acceptors (Lipinski definition) is 2. The fraction of sp³-hybridized carbons (Fsp3) is 0.727. The normalized spacial score (nSPS) is 17.4. The average molecular weight is 404 g/mol. The number of allylic oxidation sites excluding steroid dienone is 5. The third-order valence-corrected chi connectivity index (χ3v) is 6.82. The Morgan fingerprint density at radius 2 is 1.52 bits per heavy atom. The molecule has 0 saturated heterocycles. The second-order valence-electron chi connectivity index (χ2n) is 9.93. The van der Waals surface area contributed by atoms with E-state index in [4.69, 9.17) is 0 Å². The van der Waals surface area contributed by atoms with Crippen LogP contribution in [0.25, 0.3) is 0 Å². The van der Waals surface area contributed by atoms with Crippen molar-refractivity contribution in [3.05, 3.63) is 35.5 Å². The molecule has 0 aromatic heterocycles. The molecule has 152 valence electrons. The van der Waals surface area contributed by atoms with Gasteiger partial charge in [-0.25, -0.2) is 0 Å². The van der Waals surface area contributed by atoms with Gasteiger partial charge in [-0.15, -0.1) is 5.11 Å². The topological polar surface area (TPSA) is 0 Å². The van der Waals surface area contributed by atoms with Gasteiger partial charge >= 0.3 is 0 Å². The van der Waals surface area contributed by atoms with E-state index in [0.717, 1.165) is 19.3 Å². The van der Waals surface area contributed by atoms with Gasteiger partial charge in [-0.05, 0) is 70.3 Å². The van der Waals surface area contributed by atoms with Crippen molar-refractivity contribution in [2.24, 2.45) is 17.3 Å². The lowest BCUT2D eigenvalue weighted by Crippen LogP contribution is -2.31. The van der Waals surface area contributed by atoms with E-state index in [2.05, 4.69) is 122 Å². The van der Waals surface area contributed by atoms with Crippen LogP contribution in [0.1, 0.15) is 74.1 Å². The average Bonchev–Trinajstić information content (AvgIpc) is 2.50. The van der Waals surface area contributed by atoms with Crippen LogP contribution in [0.4, 0.5) is 0 Å². The Hall–Kier alpha value is 0.115. The lowest BCUT2D eigenvalue weighted by atomic mass is 9.37. The SMILES string of the molecule is BC(B)(B)C(C)CC(/C(=C\C)CCC/C(=C\C)C(C)(S)S)C(C)(C)C=CC. The highest BCUT2D eigenvalue weighted by molar-refractivity contribution is 8.00. The minimum atomic E-state index is -0.324. The number of thiol groups is 2. The van der Waals surface area contributed by atoms with E-state index in [1.165, 1.54) is 12.0 Å². The zero-order valence-corrected chi connectivity index (χ0v) is 21.5. The molecule has 0 heterocycles. The molecule has 0 N–H and O–H groups in total. The molecule has 0 nitrogen and oxygen atoms in total. The Morgan fingerprint density at radius 3 is 1.89 bits per heavy atom. The molecule has 0 spiro atoms. The Kier molecular flexibility index (Phi) is 11.4. The van der Waals surface area contributed by atoms with Crippen LogP contribution in [-0.4, -0.2) is 27.6 Å². The van der Waals surface area contributed by atoms with Gasteiger partial charge < -0.3 is 0 Å². The first-order valence-corrected chi connectivity index (χ1v) is 11.5. The van der Waals surface area contributed by atoms with Crippen LogP contribution in [0.5, 0.6) is 0 Å². The third kappa shape index (κ3) is 9.44. The first kappa shape index (κ1) is 27.1. The van der Waals surface area contributed by atoms with E-state index in [9.17, 15) is 0 Å². The Bertz CT molecular complexity index is 535. The monoisotopic (exact) mass is 404 g/mol. The molecule has 0 aliphatic rings. The van der Waals surface area contributed by atoms with Crippen LogP contribution in [0.15, 0.2) is 35.5 Å². The highest BCUT2D eigenvalue weighted by atomic mass is 32.2. The maximum atomic E-state index is 4.64. The second-order valence-corrected chi connectivity index (χ2v) is 12.1. The van der Waals surface area contributed by atoms with Crippen molar-refractivity contribution < 1.29 is 0 Å². The van der Waals surface area contributed by atoms with E-state index < -0.39 is 0 Å². The van der Waals surface area contributed by atoms with Crippen LogP contribution in [-0.2, 0) is 0 Å². The quantitative estimate of drug-likeness (QED) is 0.209. The van der Waals surface area contributed by atoms with E-state index in [1.54, 1.807) is 5.57 Å².